The summed E-state index contributed by atoms with van der Waals surface area (Å²) in [7, 11) is 1.59. The van der Waals surface area contributed by atoms with Crippen molar-refractivity contribution in [2.75, 3.05) is 38.2 Å². The van der Waals surface area contributed by atoms with Crippen molar-refractivity contribution in [2.24, 2.45) is 0 Å². The number of carbonyl (C=O) groups is 1. The van der Waals surface area contributed by atoms with Gasteiger partial charge in [0.25, 0.3) is 0 Å². The minimum absolute atomic E-state index is 0.248. The summed E-state index contributed by atoms with van der Waals surface area (Å²) in [6, 6.07) is 17.0. The maximum Gasteiger partial charge on any atom is 0.305 e. The lowest BCUT2D eigenvalue weighted by molar-refractivity contribution is -0.139. The van der Waals surface area contributed by atoms with Gasteiger partial charge in [0.05, 0.1) is 19.0 Å². The normalized spacial score (nSPS) is 15.8. The molecule has 10 heteroatoms. The number of carboxylic acids is 1. The number of fused-ring (bicyclic) bond motifs is 1. The monoisotopic (exact) mass is 507 g/mol. The van der Waals surface area contributed by atoms with Crippen molar-refractivity contribution >= 4 is 33.8 Å². The highest BCUT2D eigenvalue weighted by molar-refractivity contribution is 7.76. The molecule has 1 N–H and O–H groups in total. The van der Waals surface area contributed by atoms with Gasteiger partial charge in [-0.2, -0.15) is 4.41 Å². The fourth-order valence-corrected chi connectivity index (χ4v) is 4.92. The first-order chi connectivity index (χ1) is 17.3. The van der Waals surface area contributed by atoms with Crippen LogP contribution in [0.15, 0.2) is 54.6 Å². The van der Waals surface area contributed by atoms with Gasteiger partial charge in [0.15, 0.2) is 0 Å². The molecule has 188 valence electrons. The molecule has 1 aliphatic rings. The molecule has 0 aliphatic carbocycles. The molecule has 2 aromatic carbocycles. The van der Waals surface area contributed by atoms with E-state index in [9.17, 15) is 13.6 Å². The SMILES string of the molecule is COc1ccc2cc(C#Cc3ccc(N4CCN(N(C(C)CC(=O)O)S(=O)[O-])CC4)cc3)ccc2n1. The van der Waals surface area contributed by atoms with Crippen molar-refractivity contribution in [3.8, 4) is 17.7 Å². The summed E-state index contributed by atoms with van der Waals surface area (Å²) in [6.45, 7) is 3.79. The standard InChI is InChI=1S/C26H28N4O5S/c1-19(17-26(31)32)30(36(33)34)29-15-13-28(14-16-29)23-9-5-20(6-10-23)3-4-21-7-11-24-22(18-21)8-12-25(27-24)35-2/h5-12,18-19H,13-17H2,1-2H3,(H,31,32)(H,33,34)/p-1. The van der Waals surface area contributed by atoms with Crippen LogP contribution in [-0.4, -0.2) is 73.6 Å². The van der Waals surface area contributed by atoms with Gasteiger partial charge in [-0.1, -0.05) is 11.8 Å². The number of benzene rings is 2. The molecule has 1 aliphatic heterocycles. The van der Waals surface area contributed by atoms with E-state index in [1.54, 1.807) is 19.0 Å². The number of anilines is 1. The Kier molecular flexibility index (Phi) is 8.18. The maximum absolute atomic E-state index is 11.7. The Bertz CT molecular complexity index is 1310. The second kappa shape index (κ2) is 11.5. The van der Waals surface area contributed by atoms with Gasteiger partial charge in [-0.25, -0.2) is 9.99 Å². The van der Waals surface area contributed by atoms with Crippen LogP contribution in [0.2, 0.25) is 0 Å². The van der Waals surface area contributed by atoms with Crippen LogP contribution in [-0.2, 0) is 16.1 Å². The first-order valence-electron chi connectivity index (χ1n) is 11.5. The average molecular weight is 508 g/mol. The third kappa shape index (κ3) is 6.19. The van der Waals surface area contributed by atoms with Crippen LogP contribution in [0.25, 0.3) is 10.9 Å². The van der Waals surface area contributed by atoms with Crippen LogP contribution in [0.1, 0.15) is 24.5 Å². The second-order valence-electron chi connectivity index (χ2n) is 8.47. The Morgan fingerprint density at radius 2 is 1.78 bits per heavy atom. The van der Waals surface area contributed by atoms with Gasteiger partial charge >= 0.3 is 5.97 Å². The zero-order chi connectivity index (χ0) is 25.7. The van der Waals surface area contributed by atoms with Crippen LogP contribution in [0, 0.1) is 11.8 Å². The van der Waals surface area contributed by atoms with E-state index < -0.39 is 23.3 Å². The maximum atomic E-state index is 11.7. The van der Waals surface area contributed by atoms with Gasteiger partial charge in [0, 0.05) is 71.8 Å². The molecule has 1 fully saturated rings. The minimum atomic E-state index is -2.53. The Labute approximate surface area is 212 Å². The van der Waals surface area contributed by atoms with Crippen LogP contribution in [0.4, 0.5) is 5.69 Å². The van der Waals surface area contributed by atoms with Gasteiger partial charge in [-0.05, 0) is 55.5 Å². The first-order valence-corrected chi connectivity index (χ1v) is 12.5. The number of ether oxygens (including phenoxy) is 1. The van der Waals surface area contributed by atoms with E-state index in [0.29, 0.717) is 32.1 Å². The van der Waals surface area contributed by atoms with E-state index in [1.807, 2.05) is 54.6 Å². The van der Waals surface area contributed by atoms with E-state index in [1.165, 1.54) is 0 Å². The van der Waals surface area contributed by atoms with Crippen molar-refractivity contribution in [2.45, 2.75) is 19.4 Å². The Balaban J connectivity index is 1.38. The Morgan fingerprint density at radius 1 is 1.11 bits per heavy atom. The Hall–Kier alpha value is -3.49. The van der Waals surface area contributed by atoms with Crippen molar-refractivity contribution in [3.63, 3.8) is 0 Å². The second-order valence-corrected chi connectivity index (χ2v) is 9.27. The average Bonchev–Trinajstić information content (AvgIpc) is 2.87. The number of aromatic nitrogens is 1. The molecule has 1 saturated heterocycles. The highest BCUT2D eigenvalue weighted by atomic mass is 32.2. The van der Waals surface area contributed by atoms with Crippen LogP contribution in [0.3, 0.4) is 0 Å². The molecule has 0 bridgehead atoms. The summed E-state index contributed by atoms with van der Waals surface area (Å²) in [5.74, 6) is 5.94. The number of hydrogen-bond donors (Lipinski definition) is 1. The van der Waals surface area contributed by atoms with E-state index in [-0.39, 0.29) is 6.42 Å². The molecule has 9 nitrogen and oxygen atoms in total. The molecule has 3 aromatic rings. The van der Waals surface area contributed by atoms with E-state index >= 15 is 0 Å². The lowest BCUT2D eigenvalue weighted by Gasteiger charge is -2.44. The number of piperazine rings is 1. The first kappa shape index (κ1) is 25.6. The van der Waals surface area contributed by atoms with E-state index in [2.05, 4.69) is 21.7 Å². The largest absolute Gasteiger partial charge is 0.759 e. The summed E-state index contributed by atoms with van der Waals surface area (Å²) in [5.41, 5.74) is 3.66. The molecule has 1 aromatic heterocycles. The van der Waals surface area contributed by atoms with Gasteiger partial charge in [-0.15, -0.1) is 0 Å². The number of nitrogens with zero attached hydrogens (tertiary/aromatic N) is 4. The van der Waals surface area contributed by atoms with Crippen molar-refractivity contribution in [1.29, 1.82) is 0 Å². The smallest absolute Gasteiger partial charge is 0.305 e. The molecule has 2 unspecified atom stereocenters. The number of hydrazine groups is 1. The lowest BCUT2D eigenvalue weighted by atomic mass is 10.1. The van der Waals surface area contributed by atoms with Gasteiger partial charge in [-0.3, -0.25) is 9.00 Å². The summed E-state index contributed by atoms with van der Waals surface area (Å²) in [5, 5.41) is 11.7. The number of pyridine rings is 1. The summed E-state index contributed by atoms with van der Waals surface area (Å²) in [6.07, 6.45) is -0.248. The molecule has 2 heterocycles. The van der Waals surface area contributed by atoms with Crippen molar-refractivity contribution in [3.05, 3.63) is 65.7 Å². The van der Waals surface area contributed by atoms with Crippen LogP contribution >= 0.6 is 0 Å². The molecular formula is C26H27N4O5S-. The van der Waals surface area contributed by atoms with Crippen LogP contribution < -0.4 is 9.64 Å². The number of aliphatic carboxylic acids is 1. The van der Waals surface area contributed by atoms with Crippen molar-refractivity contribution < 1.29 is 23.4 Å². The molecule has 0 radical (unpaired) electrons. The third-order valence-corrected chi connectivity index (χ3v) is 6.89. The minimum Gasteiger partial charge on any atom is -0.759 e. The predicted octanol–water partition coefficient (Wildman–Crippen LogP) is 2.64. The number of methoxy groups -OCH3 is 1. The topological polar surface area (TPSA) is 109 Å². The highest BCUT2D eigenvalue weighted by Crippen LogP contribution is 2.21. The van der Waals surface area contributed by atoms with Gasteiger partial charge in [0.2, 0.25) is 5.88 Å². The molecule has 0 amide bonds. The fraction of sp³-hybridized carbons (Fsp3) is 0.308. The van der Waals surface area contributed by atoms with Crippen molar-refractivity contribution in [1.82, 2.24) is 14.4 Å². The fourth-order valence-electron chi connectivity index (χ4n) is 4.20. The zero-order valence-electron chi connectivity index (χ0n) is 20.1. The third-order valence-electron chi connectivity index (χ3n) is 5.99. The lowest BCUT2D eigenvalue weighted by Crippen LogP contribution is -2.57. The molecule has 4 rings (SSSR count). The number of rotatable bonds is 7. The van der Waals surface area contributed by atoms with Crippen LogP contribution in [0.5, 0.6) is 5.88 Å². The summed E-state index contributed by atoms with van der Waals surface area (Å²) in [4.78, 5) is 17.6. The quantitative estimate of drug-likeness (QED) is 0.384. The zero-order valence-corrected chi connectivity index (χ0v) is 20.9. The molecular weight excluding hydrogens is 480 g/mol. The molecule has 0 spiro atoms. The predicted molar refractivity (Wildman–Crippen MR) is 137 cm³/mol. The van der Waals surface area contributed by atoms with E-state index in [4.69, 9.17) is 9.84 Å². The molecule has 36 heavy (non-hydrogen) atoms. The summed E-state index contributed by atoms with van der Waals surface area (Å²) < 4.78 is 29.8. The molecule has 2 atom stereocenters. The molecule has 0 saturated carbocycles. The number of hydrogen-bond acceptors (Lipinski definition) is 7. The highest BCUT2D eigenvalue weighted by Gasteiger charge is 2.27. The van der Waals surface area contributed by atoms with Gasteiger partial charge < -0.3 is 19.3 Å². The Morgan fingerprint density at radius 3 is 2.42 bits per heavy atom. The van der Waals surface area contributed by atoms with Gasteiger partial charge in [0.1, 0.15) is 0 Å². The van der Waals surface area contributed by atoms with E-state index in [0.717, 1.165) is 32.1 Å². The summed E-state index contributed by atoms with van der Waals surface area (Å²) >= 11 is -2.53. The number of carboxylic acid groups (broad SMARTS) is 1.